The van der Waals surface area contributed by atoms with Crippen molar-refractivity contribution in [2.75, 3.05) is 25.0 Å². The van der Waals surface area contributed by atoms with Gasteiger partial charge in [0, 0.05) is 54.4 Å². The van der Waals surface area contributed by atoms with E-state index in [4.69, 9.17) is 5.41 Å². The molecule has 1 aromatic heterocycles. The lowest BCUT2D eigenvalue weighted by Gasteiger charge is -2.18. The molecule has 2 aromatic carbocycles. The number of anilines is 1. The fraction of sp³-hybridized carbons (Fsp3) is 0.261. The third-order valence-electron chi connectivity index (χ3n) is 5.49. The Kier molecular flexibility index (Phi) is 5.42. The Morgan fingerprint density at radius 2 is 2.10 bits per heavy atom. The Morgan fingerprint density at radius 3 is 2.83 bits per heavy atom. The van der Waals surface area contributed by atoms with E-state index in [1.165, 1.54) is 6.21 Å². The highest BCUT2D eigenvalue weighted by molar-refractivity contribution is 5.94. The fourth-order valence-electron chi connectivity index (χ4n) is 3.75. The van der Waals surface area contributed by atoms with E-state index < -0.39 is 0 Å². The standard InChI is InChI=1S/C23H25N5O/c1-16-2-4-18(5-3-16)23(29)28-9-8-17(15-28)12-25-22-7-6-19(10-20(22)11-24)21-13-26-27-14-21/h2-7,10-11,13-14,17,24-25H,8-9,12,15H2,1H3,(H,26,27). The zero-order valence-corrected chi connectivity index (χ0v) is 16.5. The number of carbonyl (C=O) groups is 1. The summed E-state index contributed by atoms with van der Waals surface area (Å²) in [6.07, 6.45) is 5.97. The minimum atomic E-state index is 0.108. The van der Waals surface area contributed by atoms with Crippen molar-refractivity contribution in [3.8, 4) is 11.1 Å². The van der Waals surface area contributed by atoms with Gasteiger partial charge in [0.1, 0.15) is 0 Å². The van der Waals surface area contributed by atoms with Gasteiger partial charge in [-0.1, -0.05) is 23.8 Å². The van der Waals surface area contributed by atoms with Crippen molar-refractivity contribution in [2.24, 2.45) is 5.92 Å². The molecule has 1 amide bonds. The van der Waals surface area contributed by atoms with Crippen LogP contribution in [-0.4, -0.2) is 46.9 Å². The minimum absolute atomic E-state index is 0.108. The fourth-order valence-corrected chi connectivity index (χ4v) is 3.75. The average Bonchev–Trinajstić information content (AvgIpc) is 3.44. The molecule has 1 atom stereocenters. The van der Waals surface area contributed by atoms with Gasteiger partial charge < -0.3 is 15.6 Å². The normalized spacial score (nSPS) is 16.0. The van der Waals surface area contributed by atoms with Crippen LogP contribution in [-0.2, 0) is 0 Å². The number of nitrogens with one attached hydrogen (secondary N) is 3. The summed E-state index contributed by atoms with van der Waals surface area (Å²) in [6.45, 7) is 4.35. The van der Waals surface area contributed by atoms with Crippen LogP contribution < -0.4 is 5.32 Å². The summed E-state index contributed by atoms with van der Waals surface area (Å²) in [4.78, 5) is 14.6. The van der Waals surface area contributed by atoms with Gasteiger partial charge in [-0.15, -0.1) is 0 Å². The van der Waals surface area contributed by atoms with Crippen LogP contribution in [0.2, 0.25) is 0 Å². The molecule has 29 heavy (non-hydrogen) atoms. The Balaban J connectivity index is 1.37. The number of aromatic amines is 1. The molecule has 3 aromatic rings. The molecule has 1 saturated heterocycles. The first-order valence-corrected chi connectivity index (χ1v) is 9.87. The summed E-state index contributed by atoms with van der Waals surface area (Å²) in [7, 11) is 0. The van der Waals surface area contributed by atoms with Crippen LogP contribution in [0.4, 0.5) is 5.69 Å². The second-order valence-corrected chi connectivity index (χ2v) is 7.59. The largest absolute Gasteiger partial charge is 0.384 e. The molecule has 1 fully saturated rings. The molecular formula is C23H25N5O. The van der Waals surface area contributed by atoms with Crippen LogP contribution in [0.25, 0.3) is 11.1 Å². The highest BCUT2D eigenvalue weighted by Crippen LogP contribution is 2.25. The summed E-state index contributed by atoms with van der Waals surface area (Å²) in [5.74, 6) is 0.508. The third-order valence-corrected chi connectivity index (χ3v) is 5.49. The van der Waals surface area contributed by atoms with Crippen molar-refractivity contribution >= 4 is 17.8 Å². The highest BCUT2D eigenvalue weighted by atomic mass is 16.2. The number of benzene rings is 2. The van der Waals surface area contributed by atoms with Crippen LogP contribution in [0, 0.1) is 18.3 Å². The van der Waals surface area contributed by atoms with Gasteiger partial charge in [-0.25, -0.2) is 0 Å². The maximum absolute atomic E-state index is 12.7. The molecule has 0 saturated carbocycles. The van der Waals surface area contributed by atoms with E-state index in [2.05, 4.69) is 15.5 Å². The topological polar surface area (TPSA) is 84.9 Å². The van der Waals surface area contributed by atoms with Crippen LogP contribution >= 0.6 is 0 Å². The van der Waals surface area contributed by atoms with E-state index in [0.29, 0.717) is 5.92 Å². The maximum atomic E-state index is 12.7. The number of hydrogen-bond acceptors (Lipinski definition) is 4. The van der Waals surface area contributed by atoms with Crippen molar-refractivity contribution < 1.29 is 4.79 Å². The summed E-state index contributed by atoms with van der Waals surface area (Å²) < 4.78 is 0. The van der Waals surface area contributed by atoms with Gasteiger partial charge in [0.2, 0.25) is 0 Å². The quantitative estimate of drug-likeness (QED) is 0.560. The Bertz CT molecular complexity index is 995. The number of carbonyl (C=O) groups excluding carboxylic acids is 1. The van der Waals surface area contributed by atoms with E-state index in [1.807, 2.05) is 60.5 Å². The van der Waals surface area contributed by atoms with Crippen molar-refractivity contribution in [3.63, 3.8) is 0 Å². The molecule has 4 rings (SSSR count). The van der Waals surface area contributed by atoms with Gasteiger partial charge in [-0.2, -0.15) is 5.10 Å². The Labute approximate surface area is 170 Å². The van der Waals surface area contributed by atoms with Gasteiger partial charge in [-0.05, 0) is 49.1 Å². The molecule has 0 aliphatic carbocycles. The molecule has 0 spiro atoms. The molecule has 1 unspecified atom stereocenters. The first-order valence-electron chi connectivity index (χ1n) is 9.87. The predicted molar refractivity (Wildman–Crippen MR) is 116 cm³/mol. The van der Waals surface area contributed by atoms with Gasteiger partial charge >= 0.3 is 0 Å². The second-order valence-electron chi connectivity index (χ2n) is 7.59. The van der Waals surface area contributed by atoms with E-state index in [1.54, 1.807) is 6.20 Å². The highest BCUT2D eigenvalue weighted by Gasteiger charge is 2.26. The number of H-pyrrole nitrogens is 1. The van der Waals surface area contributed by atoms with Crippen molar-refractivity contribution in [2.45, 2.75) is 13.3 Å². The number of likely N-dealkylation sites (tertiary alicyclic amines) is 1. The summed E-state index contributed by atoms with van der Waals surface area (Å²) >= 11 is 0. The van der Waals surface area contributed by atoms with Gasteiger partial charge in [0.05, 0.1) is 6.20 Å². The smallest absolute Gasteiger partial charge is 0.253 e. The van der Waals surface area contributed by atoms with Crippen molar-refractivity contribution in [3.05, 3.63) is 71.5 Å². The Morgan fingerprint density at radius 1 is 1.28 bits per heavy atom. The summed E-state index contributed by atoms with van der Waals surface area (Å²) in [5, 5.41) is 18.0. The minimum Gasteiger partial charge on any atom is -0.384 e. The number of rotatable bonds is 6. The number of hydrogen-bond donors (Lipinski definition) is 3. The molecule has 0 radical (unpaired) electrons. The maximum Gasteiger partial charge on any atom is 0.253 e. The van der Waals surface area contributed by atoms with E-state index in [0.717, 1.165) is 59.6 Å². The van der Waals surface area contributed by atoms with E-state index in [9.17, 15) is 4.79 Å². The third kappa shape index (κ3) is 4.21. The first kappa shape index (κ1) is 18.9. The number of nitrogens with zero attached hydrogens (tertiary/aromatic N) is 2. The SMILES string of the molecule is Cc1ccc(C(=O)N2CCC(CNc3ccc(-c4cn[nH]c4)cc3C=N)C2)cc1. The zero-order chi connectivity index (χ0) is 20.2. The average molecular weight is 387 g/mol. The van der Waals surface area contributed by atoms with E-state index in [-0.39, 0.29) is 5.91 Å². The molecule has 1 aliphatic heterocycles. The molecule has 0 bridgehead atoms. The molecule has 2 heterocycles. The van der Waals surface area contributed by atoms with Crippen molar-refractivity contribution in [1.82, 2.24) is 15.1 Å². The van der Waals surface area contributed by atoms with E-state index >= 15 is 0 Å². The lowest BCUT2D eigenvalue weighted by molar-refractivity contribution is 0.0788. The molecular weight excluding hydrogens is 362 g/mol. The summed E-state index contributed by atoms with van der Waals surface area (Å²) in [5.41, 5.74) is 5.72. The van der Waals surface area contributed by atoms with Gasteiger partial charge in [0.15, 0.2) is 0 Å². The number of aromatic nitrogens is 2. The van der Waals surface area contributed by atoms with Crippen molar-refractivity contribution in [1.29, 1.82) is 5.41 Å². The monoisotopic (exact) mass is 387 g/mol. The van der Waals surface area contributed by atoms with Crippen LogP contribution in [0.3, 0.4) is 0 Å². The van der Waals surface area contributed by atoms with Crippen LogP contribution in [0.15, 0.2) is 54.9 Å². The lowest BCUT2D eigenvalue weighted by atomic mass is 10.0. The lowest BCUT2D eigenvalue weighted by Crippen LogP contribution is -2.29. The molecule has 6 nitrogen and oxygen atoms in total. The number of aryl methyl sites for hydroxylation is 1. The zero-order valence-electron chi connectivity index (χ0n) is 16.5. The molecule has 3 N–H and O–H groups in total. The molecule has 1 aliphatic rings. The van der Waals surface area contributed by atoms with Gasteiger partial charge in [-0.3, -0.25) is 9.89 Å². The molecule has 6 heteroatoms. The Hall–Kier alpha value is -3.41. The second kappa shape index (κ2) is 8.31. The van der Waals surface area contributed by atoms with Crippen LogP contribution in [0.1, 0.15) is 27.9 Å². The number of amides is 1. The van der Waals surface area contributed by atoms with Crippen LogP contribution in [0.5, 0.6) is 0 Å². The predicted octanol–water partition coefficient (Wildman–Crippen LogP) is 3.96. The molecule has 148 valence electrons. The summed E-state index contributed by atoms with van der Waals surface area (Å²) in [6, 6.07) is 13.8. The first-order chi connectivity index (χ1) is 14.1. The van der Waals surface area contributed by atoms with Gasteiger partial charge in [0.25, 0.3) is 5.91 Å².